The molecular formula is C15H18N2O4S. The number of carbonyl (C=O) groups excluding carboxylic acids is 1. The van der Waals surface area contributed by atoms with Gasteiger partial charge in [-0.15, -0.1) is 0 Å². The fourth-order valence-corrected chi connectivity index (χ4v) is 3.80. The van der Waals surface area contributed by atoms with Crippen molar-refractivity contribution in [2.24, 2.45) is 5.92 Å². The third kappa shape index (κ3) is 2.86. The van der Waals surface area contributed by atoms with Crippen molar-refractivity contribution >= 4 is 16.4 Å². The lowest BCUT2D eigenvalue weighted by molar-refractivity contribution is -0.110. The maximum Gasteiger partial charge on any atom is 0.305 e. The molecule has 3 rings (SSSR count). The fourth-order valence-electron chi connectivity index (χ4n) is 3.26. The van der Waals surface area contributed by atoms with Crippen LogP contribution in [0, 0.1) is 5.92 Å². The molecule has 0 saturated carbocycles. The Kier molecular flexibility index (Phi) is 3.92. The zero-order valence-corrected chi connectivity index (χ0v) is 12.7. The minimum Gasteiger partial charge on any atom is -0.355 e. The SMILES string of the molecule is O=CC1c2ccccc2CCC1CC1=CNC(S(=O)(=O)O)N1. The molecule has 0 radical (unpaired) electrons. The van der Waals surface area contributed by atoms with Crippen LogP contribution in [0.4, 0.5) is 0 Å². The van der Waals surface area contributed by atoms with Gasteiger partial charge in [-0.3, -0.25) is 4.55 Å². The Morgan fingerprint density at radius 2 is 2.09 bits per heavy atom. The quantitative estimate of drug-likeness (QED) is 0.568. The van der Waals surface area contributed by atoms with Gasteiger partial charge in [-0.1, -0.05) is 24.3 Å². The number of aldehydes is 1. The van der Waals surface area contributed by atoms with Crippen LogP contribution in [0.25, 0.3) is 0 Å². The van der Waals surface area contributed by atoms with Gasteiger partial charge in [-0.05, 0) is 36.3 Å². The second-order valence-corrected chi connectivity index (χ2v) is 7.24. The van der Waals surface area contributed by atoms with E-state index in [1.165, 1.54) is 5.56 Å². The molecule has 2 aliphatic rings. The first-order valence-corrected chi connectivity index (χ1v) is 8.70. The molecule has 7 heteroatoms. The number of benzene rings is 1. The molecule has 1 aromatic carbocycles. The van der Waals surface area contributed by atoms with Crippen molar-refractivity contribution in [3.05, 3.63) is 47.3 Å². The van der Waals surface area contributed by atoms with E-state index < -0.39 is 15.6 Å². The van der Waals surface area contributed by atoms with E-state index in [2.05, 4.69) is 10.6 Å². The molecule has 1 aromatic rings. The average Bonchev–Trinajstić information content (AvgIpc) is 2.96. The van der Waals surface area contributed by atoms with Gasteiger partial charge in [-0.2, -0.15) is 8.42 Å². The summed E-state index contributed by atoms with van der Waals surface area (Å²) in [5.74, 6) is -0.0643. The smallest absolute Gasteiger partial charge is 0.305 e. The molecule has 0 fully saturated rings. The van der Waals surface area contributed by atoms with Gasteiger partial charge in [0.1, 0.15) is 6.29 Å². The van der Waals surface area contributed by atoms with Crippen LogP contribution < -0.4 is 10.6 Å². The number of rotatable bonds is 4. The summed E-state index contributed by atoms with van der Waals surface area (Å²) in [5.41, 5.74) is 1.76. The van der Waals surface area contributed by atoms with Gasteiger partial charge in [0.2, 0.25) is 5.50 Å². The largest absolute Gasteiger partial charge is 0.355 e. The second-order valence-electron chi connectivity index (χ2n) is 5.74. The third-order valence-electron chi connectivity index (χ3n) is 4.36. The number of fused-ring (bicyclic) bond motifs is 1. The van der Waals surface area contributed by atoms with Crippen LogP contribution in [0.15, 0.2) is 36.2 Å². The monoisotopic (exact) mass is 322 g/mol. The molecule has 0 amide bonds. The van der Waals surface area contributed by atoms with Crippen molar-refractivity contribution in [3.8, 4) is 0 Å². The van der Waals surface area contributed by atoms with Gasteiger partial charge < -0.3 is 15.4 Å². The Labute approximate surface area is 129 Å². The van der Waals surface area contributed by atoms with E-state index in [9.17, 15) is 13.2 Å². The summed E-state index contributed by atoms with van der Waals surface area (Å²) >= 11 is 0. The molecule has 1 heterocycles. The number of aryl methyl sites for hydroxylation is 1. The molecule has 3 N–H and O–H groups in total. The highest BCUT2D eigenvalue weighted by atomic mass is 32.2. The van der Waals surface area contributed by atoms with Crippen molar-refractivity contribution < 1.29 is 17.8 Å². The average molecular weight is 322 g/mol. The number of carbonyl (C=O) groups is 1. The zero-order chi connectivity index (χ0) is 15.7. The number of allylic oxidation sites excluding steroid dienone is 1. The van der Waals surface area contributed by atoms with Crippen molar-refractivity contribution in [1.29, 1.82) is 0 Å². The van der Waals surface area contributed by atoms with Gasteiger partial charge in [-0.25, -0.2) is 0 Å². The summed E-state index contributed by atoms with van der Waals surface area (Å²) in [5, 5.41) is 5.33. The Morgan fingerprint density at radius 3 is 2.77 bits per heavy atom. The first kappa shape index (κ1) is 15.1. The van der Waals surface area contributed by atoms with Gasteiger partial charge in [0, 0.05) is 17.8 Å². The van der Waals surface area contributed by atoms with Crippen LogP contribution in [-0.4, -0.2) is 24.8 Å². The Hall–Kier alpha value is -1.86. The van der Waals surface area contributed by atoms with E-state index >= 15 is 0 Å². The predicted molar refractivity (Wildman–Crippen MR) is 81.4 cm³/mol. The van der Waals surface area contributed by atoms with E-state index in [0.29, 0.717) is 12.1 Å². The standard InChI is InChI=1S/C15H18N2O4S/c18-9-14-11(6-5-10-3-1-2-4-13(10)14)7-12-8-16-15(17-12)22(19,20)21/h1-4,8-9,11,14-17H,5-7H2,(H,19,20,21). The molecule has 1 aliphatic carbocycles. The first-order valence-electron chi connectivity index (χ1n) is 7.20. The van der Waals surface area contributed by atoms with Gasteiger partial charge >= 0.3 is 10.1 Å². The lowest BCUT2D eigenvalue weighted by atomic mass is 9.74. The van der Waals surface area contributed by atoms with Gasteiger partial charge in [0.05, 0.1) is 0 Å². The fraction of sp³-hybridized carbons (Fsp3) is 0.400. The molecule has 1 aliphatic heterocycles. The molecular weight excluding hydrogens is 304 g/mol. The molecule has 0 spiro atoms. The highest BCUT2D eigenvalue weighted by molar-refractivity contribution is 7.86. The van der Waals surface area contributed by atoms with Crippen molar-refractivity contribution in [2.75, 3.05) is 0 Å². The lowest BCUT2D eigenvalue weighted by Gasteiger charge is -2.30. The van der Waals surface area contributed by atoms with Gasteiger partial charge in [0.25, 0.3) is 0 Å². The van der Waals surface area contributed by atoms with Crippen LogP contribution in [0.5, 0.6) is 0 Å². The summed E-state index contributed by atoms with van der Waals surface area (Å²) in [6, 6.07) is 7.94. The number of hydrogen-bond acceptors (Lipinski definition) is 5. The minimum absolute atomic E-state index is 0.119. The maximum atomic E-state index is 11.5. The molecule has 3 unspecified atom stereocenters. The number of nitrogens with one attached hydrogen (secondary N) is 2. The van der Waals surface area contributed by atoms with E-state index in [1.807, 2.05) is 24.3 Å². The normalized spacial score (nSPS) is 27.3. The molecule has 6 nitrogen and oxygen atoms in total. The highest BCUT2D eigenvalue weighted by Crippen LogP contribution is 2.38. The molecule has 0 aromatic heterocycles. The first-order chi connectivity index (χ1) is 10.5. The summed E-state index contributed by atoms with van der Waals surface area (Å²) in [7, 11) is -4.19. The van der Waals surface area contributed by atoms with Crippen molar-refractivity contribution in [1.82, 2.24) is 10.6 Å². The molecule has 118 valence electrons. The Balaban J connectivity index is 1.73. The highest BCUT2D eigenvalue weighted by Gasteiger charge is 2.32. The minimum atomic E-state index is -4.19. The van der Waals surface area contributed by atoms with Gasteiger partial charge in [0.15, 0.2) is 0 Å². The topological polar surface area (TPSA) is 95.5 Å². The van der Waals surface area contributed by atoms with Crippen molar-refractivity contribution in [2.45, 2.75) is 30.7 Å². The zero-order valence-electron chi connectivity index (χ0n) is 11.9. The summed E-state index contributed by atoms with van der Waals surface area (Å²) in [4.78, 5) is 11.5. The molecule has 0 saturated heterocycles. The molecule has 0 bridgehead atoms. The van der Waals surface area contributed by atoms with Crippen LogP contribution in [0.2, 0.25) is 0 Å². The van der Waals surface area contributed by atoms with Crippen LogP contribution >= 0.6 is 0 Å². The molecule has 3 atom stereocenters. The van der Waals surface area contributed by atoms with Crippen molar-refractivity contribution in [3.63, 3.8) is 0 Å². The maximum absolute atomic E-state index is 11.5. The Morgan fingerprint density at radius 1 is 1.32 bits per heavy atom. The van der Waals surface area contributed by atoms with E-state index in [0.717, 1.165) is 24.7 Å². The lowest BCUT2D eigenvalue weighted by Crippen LogP contribution is -2.40. The van der Waals surface area contributed by atoms with E-state index in [1.54, 1.807) is 6.20 Å². The third-order valence-corrected chi connectivity index (χ3v) is 5.21. The second kappa shape index (κ2) is 5.73. The Bertz CT molecular complexity index is 714. The number of hydrogen-bond donors (Lipinski definition) is 3. The molecule has 22 heavy (non-hydrogen) atoms. The predicted octanol–water partition coefficient (Wildman–Crippen LogP) is 1.13. The van der Waals surface area contributed by atoms with E-state index in [-0.39, 0.29) is 11.8 Å². The summed E-state index contributed by atoms with van der Waals surface area (Å²) in [6.45, 7) is 0. The summed E-state index contributed by atoms with van der Waals surface area (Å²) < 4.78 is 31.2. The van der Waals surface area contributed by atoms with Crippen LogP contribution in [-0.2, 0) is 21.3 Å². The van der Waals surface area contributed by atoms with Crippen LogP contribution in [0.3, 0.4) is 0 Å². The van der Waals surface area contributed by atoms with E-state index in [4.69, 9.17) is 4.55 Å². The van der Waals surface area contributed by atoms with Crippen LogP contribution in [0.1, 0.15) is 29.9 Å². The summed E-state index contributed by atoms with van der Waals surface area (Å²) in [6.07, 6.45) is 4.88.